The Kier molecular flexibility index (Phi) is 17.0. The van der Waals surface area contributed by atoms with E-state index in [0.29, 0.717) is 12.4 Å². The van der Waals surface area contributed by atoms with E-state index in [-0.39, 0.29) is 40.9 Å². The highest BCUT2D eigenvalue weighted by molar-refractivity contribution is 6.18. The minimum Gasteiger partial charge on any atom is -0.508 e. The van der Waals surface area contributed by atoms with Crippen LogP contribution in [0.3, 0.4) is 0 Å². The van der Waals surface area contributed by atoms with Crippen LogP contribution in [-0.4, -0.2) is 78.5 Å². The third-order valence-electron chi connectivity index (χ3n) is 3.75. The summed E-state index contributed by atoms with van der Waals surface area (Å²) in [6.45, 7) is 2.20. The molecule has 34 heavy (non-hydrogen) atoms. The van der Waals surface area contributed by atoms with E-state index < -0.39 is 9.85 Å². The number of hydrogen-bond acceptors (Lipinski definition) is 10. The van der Waals surface area contributed by atoms with Gasteiger partial charge in [-0.3, -0.25) is 20.2 Å². The average Bonchev–Trinajstić information content (AvgIpc) is 2.71. The summed E-state index contributed by atoms with van der Waals surface area (Å²) in [5, 5.41) is 29.6. The highest BCUT2D eigenvalue weighted by Crippen LogP contribution is 2.26. The van der Waals surface area contributed by atoms with Crippen LogP contribution in [0.5, 0.6) is 11.5 Å². The first kappa shape index (κ1) is 33.1. The number of nitro groups is 2. The number of alkyl halides is 1. The number of likely N-dealkylation sites (N-methyl/N-ethyl adjacent to an activating group) is 1. The lowest BCUT2D eigenvalue weighted by Gasteiger charge is -2.10. The molecule has 0 aliphatic rings. The van der Waals surface area contributed by atoms with E-state index in [1.54, 1.807) is 6.07 Å². The van der Waals surface area contributed by atoms with Crippen molar-refractivity contribution < 1.29 is 19.7 Å². The van der Waals surface area contributed by atoms with Gasteiger partial charge in [0.15, 0.2) is 0 Å². The zero-order valence-corrected chi connectivity index (χ0v) is 21.1. The van der Waals surface area contributed by atoms with Gasteiger partial charge >= 0.3 is 0 Å². The molecule has 12 nitrogen and oxygen atoms in total. The first-order valence-corrected chi connectivity index (χ1v) is 10.2. The smallest absolute Gasteiger partial charge is 0.295 e. The monoisotopic (exact) mass is 522 g/mol. The van der Waals surface area contributed by atoms with Crippen LogP contribution < -0.4 is 16.2 Å². The number of phenolic OH excluding ortho intramolecular Hbond substituents is 1. The van der Waals surface area contributed by atoms with Crippen LogP contribution in [0.25, 0.3) is 0 Å². The van der Waals surface area contributed by atoms with Crippen molar-refractivity contribution in [2.45, 2.75) is 0 Å². The number of nitrogens with zero attached hydrogens (tertiary/aromatic N) is 4. The van der Waals surface area contributed by atoms with Crippen LogP contribution in [-0.2, 0) is 0 Å². The highest BCUT2D eigenvalue weighted by Gasteiger charge is 2.12. The van der Waals surface area contributed by atoms with Crippen molar-refractivity contribution in [1.82, 2.24) is 9.80 Å². The molecule has 0 saturated heterocycles. The molecule has 2 aromatic carbocycles. The molecular formula is C20H32Cl2N6O6. The largest absolute Gasteiger partial charge is 0.508 e. The maximum atomic E-state index is 10.6. The third kappa shape index (κ3) is 14.2. The van der Waals surface area contributed by atoms with Gasteiger partial charge in [-0.25, -0.2) is 0 Å². The molecule has 0 radical (unpaired) electrons. The topological polar surface area (TPSA) is 174 Å². The van der Waals surface area contributed by atoms with Gasteiger partial charge in [0.2, 0.25) is 0 Å². The van der Waals surface area contributed by atoms with E-state index >= 15 is 0 Å². The van der Waals surface area contributed by atoms with Gasteiger partial charge in [0.1, 0.15) is 29.5 Å². The number of ether oxygens (including phenoxy) is 1. The summed E-state index contributed by atoms with van der Waals surface area (Å²) in [5.41, 5.74) is 10.5. The Balaban J connectivity index is 0. The molecule has 0 unspecified atom stereocenters. The second-order valence-corrected chi connectivity index (χ2v) is 7.50. The fraction of sp³-hybridized carbons (Fsp3) is 0.400. The van der Waals surface area contributed by atoms with Crippen LogP contribution in [0.15, 0.2) is 36.4 Å². The quantitative estimate of drug-likeness (QED) is 0.153. The Morgan fingerprint density at radius 3 is 1.76 bits per heavy atom. The summed E-state index contributed by atoms with van der Waals surface area (Å²) in [5.74, 6) is 1.03. The van der Waals surface area contributed by atoms with Crippen molar-refractivity contribution in [3.05, 3.63) is 56.6 Å². The zero-order chi connectivity index (χ0) is 25.6. The van der Waals surface area contributed by atoms with Crippen molar-refractivity contribution in [2.75, 3.05) is 65.2 Å². The molecule has 0 heterocycles. The molecule has 0 amide bonds. The van der Waals surface area contributed by atoms with Crippen LogP contribution in [0.1, 0.15) is 0 Å². The average molecular weight is 523 g/mol. The number of phenols is 1. The Labute approximate surface area is 209 Å². The normalized spacial score (nSPS) is 9.74. The second-order valence-electron chi connectivity index (χ2n) is 7.12. The van der Waals surface area contributed by atoms with Crippen LogP contribution in [0.4, 0.5) is 22.7 Å². The number of aromatic hydroxyl groups is 1. The van der Waals surface area contributed by atoms with E-state index in [0.717, 1.165) is 25.0 Å². The van der Waals surface area contributed by atoms with Gasteiger partial charge in [0.05, 0.1) is 22.0 Å². The summed E-state index contributed by atoms with van der Waals surface area (Å²) in [4.78, 5) is 23.7. The predicted octanol–water partition coefficient (Wildman–Crippen LogP) is 3.21. The number of nitrogens with two attached hydrogens (primary N) is 2. The maximum Gasteiger partial charge on any atom is 0.295 e. The summed E-state index contributed by atoms with van der Waals surface area (Å²) >= 11 is 5.35. The number of halogens is 2. The molecule has 0 atom stereocenters. The van der Waals surface area contributed by atoms with Gasteiger partial charge in [0, 0.05) is 19.0 Å². The van der Waals surface area contributed by atoms with Gasteiger partial charge in [-0.15, -0.1) is 24.0 Å². The van der Waals surface area contributed by atoms with Crippen molar-refractivity contribution in [2.24, 2.45) is 0 Å². The lowest BCUT2D eigenvalue weighted by Crippen LogP contribution is -2.19. The number of hydrogen-bond donors (Lipinski definition) is 3. The van der Waals surface area contributed by atoms with Crippen molar-refractivity contribution in [3.63, 3.8) is 0 Å². The van der Waals surface area contributed by atoms with Gasteiger partial charge in [-0.05, 0) is 52.5 Å². The molecule has 0 aromatic heterocycles. The minimum absolute atomic E-state index is 0. The van der Waals surface area contributed by atoms with Crippen molar-refractivity contribution in [3.8, 4) is 11.5 Å². The van der Waals surface area contributed by atoms with Crippen LogP contribution >= 0.6 is 24.0 Å². The molecular weight excluding hydrogens is 491 g/mol. The van der Waals surface area contributed by atoms with Gasteiger partial charge in [-0.2, -0.15) is 0 Å². The van der Waals surface area contributed by atoms with E-state index in [2.05, 4.69) is 0 Å². The number of nitrogen functional groups attached to an aromatic ring is 2. The number of nitro benzene ring substituents is 2. The summed E-state index contributed by atoms with van der Waals surface area (Å²) in [6, 6.07) is 8.03. The Morgan fingerprint density at radius 1 is 0.912 bits per heavy atom. The molecule has 0 aliphatic carbocycles. The molecule has 0 spiro atoms. The summed E-state index contributed by atoms with van der Waals surface area (Å²) in [6.07, 6.45) is 0. The Hall–Kier alpha value is -3.06. The molecule has 5 N–H and O–H groups in total. The molecule has 0 aliphatic heterocycles. The standard InChI is InChI=1S/C10H15N3O3.C6H6N2O3.C4H10ClN.ClH/c1-12(2)5-6-16-8-3-4-9(11)10(7-8)13(14)15;7-5-2-1-4(9)3-6(5)8(10)11;1-6(2)4-3-5;/h3-4,7H,5-6,11H2,1-2H3;1-3,9H,7H2;3-4H2,1-2H3;1H. The highest BCUT2D eigenvalue weighted by atomic mass is 35.5. The van der Waals surface area contributed by atoms with Crippen molar-refractivity contribution >= 4 is 46.8 Å². The van der Waals surface area contributed by atoms with Crippen LogP contribution in [0, 0.1) is 20.2 Å². The molecule has 0 bridgehead atoms. The van der Waals surface area contributed by atoms with E-state index in [4.69, 9.17) is 32.9 Å². The van der Waals surface area contributed by atoms with Gasteiger partial charge < -0.3 is 31.1 Å². The van der Waals surface area contributed by atoms with E-state index in [9.17, 15) is 20.2 Å². The fourth-order valence-corrected chi connectivity index (χ4v) is 2.31. The molecule has 2 aromatic rings. The SMILES string of the molecule is CN(C)CCCl.CN(C)CCOc1ccc(N)c([N+](=O)[O-])c1.Cl.Nc1ccc(O)cc1[N+](=O)[O-]. The number of anilines is 2. The molecule has 0 fully saturated rings. The Bertz CT molecular complexity index is 902. The third-order valence-corrected chi connectivity index (χ3v) is 3.92. The number of benzene rings is 2. The van der Waals surface area contributed by atoms with E-state index in [1.165, 1.54) is 24.3 Å². The second kappa shape index (κ2) is 17.4. The minimum atomic E-state index is -0.644. The molecule has 192 valence electrons. The predicted molar refractivity (Wildman–Crippen MR) is 137 cm³/mol. The lowest BCUT2D eigenvalue weighted by molar-refractivity contribution is -0.384. The summed E-state index contributed by atoms with van der Waals surface area (Å²) in [7, 11) is 7.86. The molecule has 14 heteroatoms. The first-order chi connectivity index (χ1) is 15.4. The lowest BCUT2D eigenvalue weighted by atomic mass is 10.2. The molecule has 2 rings (SSSR count). The van der Waals surface area contributed by atoms with E-state index in [1.807, 2.05) is 38.0 Å². The molecule has 0 saturated carbocycles. The first-order valence-electron chi connectivity index (χ1n) is 9.64. The van der Waals surface area contributed by atoms with Crippen molar-refractivity contribution in [1.29, 1.82) is 0 Å². The summed E-state index contributed by atoms with van der Waals surface area (Å²) < 4.78 is 5.36. The fourth-order valence-electron chi connectivity index (χ4n) is 1.98. The zero-order valence-electron chi connectivity index (χ0n) is 19.5. The Morgan fingerprint density at radius 2 is 1.38 bits per heavy atom. The number of rotatable bonds is 8. The maximum absolute atomic E-state index is 10.6. The van der Waals surface area contributed by atoms with Gasteiger partial charge in [0.25, 0.3) is 11.4 Å². The van der Waals surface area contributed by atoms with Gasteiger partial charge in [-0.1, -0.05) is 0 Å². The van der Waals surface area contributed by atoms with Crippen LogP contribution in [0.2, 0.25) is 0 Å².